The minimum Gasteiger partial charge on any atom is -0.396 e. The zero-order valence-corrected chi connectivity index (χ0v) is 14.6. The maximum absolute atomic E-state index is 11.8. The Balaban J connectivity index is 1.80. The zero-order chi connectivity index (χ0) is 17.2. The molecule has 1 aromatic rings. The molecular formula is C18H30N4O2. The third-order valence-electron chi connectivity index (χ3n) is 4.43. The summed E-state index contributed by atoms with van der Waals surface area (Å²) in [4.78, 5) is 18.7. The Bertz CT molecular complexity index is 502. The van der Waals surface area contributed by atoms with E-state index < -0.39 is 0 Å². The molecule has 1 unspecified atom stereocenters. The van der Waals surface area contributed by atoms with Crippen LogP contribution in [0.15, 0.2) is 18.3 Å². The molecular weight excluding hydrogens is 304 g/mol. The van der Waals surface area contributed by atoms with Crippen molar-refractivity contribution in [3.8, 4) is 0 Å². The monoisotopic (exact) mass is 334 g/mol. The number of aliphatic hydroxyl groups excluding tert-OH is 1. The van der Waals surface area contributed by atoms with Crippen molar-refractivity contribution in [2.24, 2.45) is 5.92 Å². The number of pyridine rings is 1. The van der Waals surface area contributed by atoms with Gasteiger partial charge in [0.25, 0.3) is 0 Å². The molecule has 0 spiro atoms. The molecule has 1 aromatic heterocycles. The smallest absolute Gasteiger partial charge is 0.315 e. The highest BCUT2D eigenvalue weighted by Gasteiger charge is 2.11. The first-order valence-corrected chi connectivity index (χ1v) is 9.01. The lowest BCUT2D eigenvalue weighted by atomic mass is 10.1. The lowest BCUT2D eigenvalue weighted by molar-refractivity contribution is 0.233. The van der Waals surface area contributed by atoms with Crippen LogP contribution < -0.4 is 15.5 Å². The average molecular weight is 334 g/mol. The summed E-state index contributed by atoms with van der Waals surface area (Å²) in [6.45, 7) is 5.35. The van der Waals surface area contributed by atoms with Crippen LogP contribution in [0.5, 0.6) is 0 Å². The molecule has 24 heavy (non-hydrogen) atoms. The second-order valence-corrected chi connectivity index (χ2v) is 6.60. The van der Waals surface area contributed by atoms with Gasteiger partial charge in [-0.3, -0.25) is 0 Å². The molecule has 0 aromatic carbocycles. The molecule has 3 N–H and O–H groups in total. The van der Waals surface area contributed by atoms with Crippen molar-refractivity contribution in [2.75, 3.05) is 31.1 Å². The van der Waals surface area contributed by atoms with Gasteiger partial charge in [-0.25, -0.2) is 9.78 Å². The van der Waals surface area contributed by atoms with Gasteiger partial charge in [0.05, 0.1) is 0 Å². The summed E-state index contributed by atoms with van der Waals surface area (Å²) in [6, 6.07) is 3.84. The zero-order valence-electron chi connectivity index (χ0n) is 14.6. The first-order valence-electron chi connectivity index (χ1n) is 9.01. The Labute approximate surface area is 144 Å². The van der Waals surface area contributed by atoms with E-state index in [1.807, 2.05) is 19.2 Å². The standard InChI is InChI=1S/C18H30N4O2/c1-15(7-11-23)13-20-18(24)21-14-16-6-8-19-17(12-16)22-9-4-2-3-5-10-22/h6,8,12,15,23H,2-5,7,9-11,13-14H2,1H3,(H2,20,21,24). The van der Waals surface area contributed by atoms with Crippen molar-refractivity contribution in [2.45, 2.75) is 45.6 Å². The lowest BCUT2D eigenvalue weighted by Crippen LogP contribution is -2.37. The van der Waals surface area contributed by atoms with Crippen LogP contribution in [0.25, 0.3) is 0 Å². The van der Waals surface area contributed by atoms with Crippen LogP contribution in [0.3, 0.4) is 0 Å². The Hall–Kier alpha value is -1.82. The summed E-state index contributed by atoms with van der Waals surface area (Å²) in [5.41, 5.74) is 1.06. The second-order valence-electron chi connectivity index (χ2n) is 6.60. The number of rotatable bonds is 7. The van der Waals surface area contributed by atoms with E-state index in [1.54, 1.807) is 0 Å². The first-order chi connectivity index (χ1) is 11.7. The summed E-state index contributed by atoms with van der Waals surface area (Å²) < 4.78 is 0. The van der Waals surface area contributed by atoms with Crippen LogP contribution in [0.4, 0.5) is 10.6 Å². The van der Waals surface area contributed by atoms with E-state index in [1.165, 1.54) is 25.7 Å². The van der Waals surface area contributed by atoms with Crippen LogP contribution >= 0.6 is 0 Å². The molecule has 2 heterocycles. The molecule has 1 aliphatic rings. The molecule has 134 valence electrons. The largest absolute Gasteiger partial charge is 0.396 e. The number of anilines is 1. The first kappa shape index (κ1) is 18.5. The topological polar surface area (TPSA) is 77.5 Å². The number of carbonyl (C=O) groups excluding carboxylic acids is 1. The van der Waals surface area contributed by atoms with E-state index in [9.17, 15) is 4.79 Å². The highest BCUT2D eigenvalue weighted by Crippen LogP contribution is 2.18. The van der Waals surface area contributed by atoms with Crippen LogP contribution in [-0.4, -0.2) is 42.4 Å². The van der Waals surface area contributed by atoms with Gasteiger partial charge in [-0.05, 0) is 42.9 Å². The fourth-order valence-corrected chi connectivity index (χ4v) is 2.88. The molecule has 0 saturated carbocycles. The number of hydrogen-bond acceptors (Lipinski definition) is 4. The third-order valence-corrected chi connectivity index (χ3v) is 4.43. The molecule has 0 bridgehead atoms. The molecule has 1 aliphatic heterocycles. The van der Waals surface area contributed by atoms with Gasteiger partial charge in [-0.1, -0.05) is 19.8 Å². The van der Waals surface area contributed by atoms with E-state index in [2.05, 4.69) is 26.6 Å². The second kappa shape index (κ2) is 10.1. The summed E-state index contributed by atoms with van der Waals surface area (Å²) >= 11 is 0. The van der Waals surface area contributed by atoms with Gasteiger partial charge in [0, 0.05) is 39.0 Å². The number of carbonyl (C=O) groups is 1. The lowest BCUT2D eigenvalue weighted by Gasteiger charge is -2.21. The predicted octanol–water partition coefficient (Wildman–Crippen LogP) is 2.28. The summed E-state index contributed by atoms with van der Waals surface area (Å²) in [7, 11) is 0. The van der Waals surface area contributed by atoms with E-state index in [0.29, 0.717) is 19.5 Å². The SMILES string of the molecule is CC(CCO)CNC(=O)NCc1ccnc(N2CCCCCC2)c1. The molecule has 0 aliphatic carbocycles. The maximum Gasteiger partial charge on any atom is 0.315 e. The van der Waals surface area contributed by atoms with Gasteiger partial charge >= 0.3 is 6.03 Å². The van der Waals surface area contributed by atoms with Crippen molar-refractivity contribution in [1.29, 1.82) is 0 Å². The normalized spacial score (nSPS) is 16.3. The van der Waals surface area contributed by atoms with Gasteiger partial charge in [-0.2, -0.15) is 0 Å². The summed E-state index contributed by atoms with van der Waals surface area (Å²) in [5, 5.41) is 14.6. The van der Waals surface area contributed by atoms with Crippen molar-refractivity contribution in [1.82, 2.24) is 15.6 Å². The number of hydrogen-bond donors (Lipinski definition) is 3. The summed E-state index contributed by atoms with van der Waals surface area (Å²) in [5.74, 6) is 1.28. The number of nitrogens with one attached hydrogen (secondary N) is 2. The number of amides is 2. The molecule has 1 atom stereocenters. The Morgan fingerprint density at radius 3 is 2.75 bits per heavy atom. The molecule has 1 fully saturated rings. The van der Waals surface area contributed by atoms with Crippen LogP contribution in [0.1, 0.15) is 44.6 Å². The van der Waals surface area contributed by atoms with Crippen molar-refractivity contribution >= 4 is 11.8 Å². The average Bonchev–Trinajstić information content (AvgIpc) is 2.88. The fraction of sp³-hybridized carbons (Fsp3) is 0.667. The van der Waals surface area contributed by atoms with Gasteiger partial charge in [0.1, 0.15) is 5.82 Å². The predicted molar refractivity (Wildman–Crippen MR) is 96.0 cm³/mol. The number of urea groups is 1. The number of aliphatic hydroxyl groups is 1. The highest BCUT2D eigenvalue weighted by atomic mass is 16.3. The van der Waals surface area contributed by atoms with Gasteiger partial charge in [-0.15, -0.1) is 0 Å². The Morgan fingerprint density at radius 1 is 1.29 bits per heavy atom. The minimum atomic E-state index is -0.173. The highest BCUT2D eigenvalue weighted by molar-refractivity contribution is 5.73. The van der Waals surface area contributed by atoms with E-state index in [0.717, 1.165) is 24.5 Å². The number of aromatic nitrogens is 1. The van der Waals surface area contributed by atoms with E-state index in [-0.39, 0.29) is 18.6 Å². The quantitative estimate of drug-likeness (QED) is 0.715. The van der Waals surface area contributed by atoms with Crippen LogP contribution in [0, 0.1) is 5.92 Å². The summed E-state index contributed by atoms with van der Waals surface area (Å²) in [6.07, 6.45) is 7.55. The molecule has 6 heteroatoms. The molecule has 2 rings (SSSR count). The van der Waals surface area contributed by atoms with Gasteiger partial charge in [0.15, 0.2) is 0 Å². The molecule has 2 amide bonds. The van der Waals surface area contributed by atoms with Crippen LogP contribution in [0.2, 0.25) is 0 Å². The van der Waals surface area contributed by atoms with E-state index >= 15 is 0 Å². The molecule has 6 nitrogen and oxygen atoms in total. The maximum atomic E-state index is 11.8. The van der Waals surface area contributed by atoms with Crippen molar-refractivity contribution < 1.29 is 9.90 Å². The third kappa shape index (κ3) is 6.35. The molecule has 1 saturated heterocycles. The van der Waals surface area contributed by atoms with Gasteiger partial charge < -0.3 is 20.6 Å². The van der Waals surface area contributed by atoms with Gasteiger partial charge in [0.2, 0.25) is 0 Å². The fourth-order valence-electron chi connectivity index (χ4n) is 2.88. The van der Waals surface area contributed by atoms with E-state index in [4.69, 9.17) is 5.11 Å². The number of nitrogens with zero attached hydrogens (tertiary/aromatic N) is 2. The van der Waals surface area contributed by atoms with Crippen molar-refractivity contribution in [3.63, 3.8) is 0 Å². The Kier molecular flexibility index (Phi) is 7.82. The van der Waals surface area contributed by atoms with Crippen LogP contribution in [-0.2, 0) is 6.54 Å². The van der Waals surface area contributed by atoms with Crippen molar-refractivity contribution in [3.05, 3.63) is 23.9 Å². The Morgan fingerprint density at radius 2 is 2.04 bits per heavy atom. The molecule has 0 radical (unpaired) electrons. The minimum absolute atomic E-state index is 0.154.